The van der Waals surface area contributed by atoms with Crippen LogP contribution in [0.25, 0.3) is 0 Å². The Morgan fingerprint density at radius 1 is 1.04 bits per heavy atom. The molecule has 27 heavy (non-hydrogen) atoms. The molecule has 0 aliphatic rings. The number of carbonyl (C=O) groups is 1. The number of amides is 1. The molecule has 0 saturated heterocycles. The van der Waals surface area contributed by atoms with E-state index in [0.717, 1.165) is 5.69 Å². The first-order valence-corrected chi connectivity index (χ1v) is 9.98. The average Bonchev–Trinajstić information content (AvgIpc) is 3.22. The summed E-state index contributed by atoms with van der Waals surface area (Å²) in [4.78, 5) is 14.5. The van der Waals surface area contributed by atoms with Gasteiger partial charge in [-0.05, 0) is 49.4 Å². The number of nitrogens with zero attached hydrogens (tertiary/aromatic N) is 1. The zero-order chi connectivity index (χ0) is 19.3. The Kier molecular flexibility index (Phi) is 5.73. The van der Waals surface area contributed by atoms with Crippen molar-refractivity contribution in [3.63, 3.8) is 0 Å². The minimum atomic E-state index is -3.77. The Balaban J connectivity index is 1.82. The first-order chi connectivity index (χ1) is 13.0. The van der Waals surface area contributed by atoms with E-state index in [0.29, 0.717) is 17.9 Å². The lowest BCUT2D eigenvalue weighted by molar-refractivity contribution is 0.0988. The lowest BCUT2D eigenvalue weighted by atomic mass is 10.2. The van der Waals surface area contributed by atoms with E-state index in [4.69, 9.17) is 4.42 Å². The van der Waals surface area contributed by atoms with Gasteiger partial charge >= 0.3 is 0 Å². The van der Waals surface area contributed by atoms with Crippen LogP contribution in [0.3, 0.4) is 0 Å². The highest BCUT2D eigenvalue weighted by atomic mass is 32.2. The fourth-order valence-corrected chi connectivity index (χ4v) is 3.70. The summed E-state index contributed by atoms with van der Waals surface area (Å²) in [6, 6.07) is 18.6. The van der Waals surface area contributed by atoms with Gasteiger partial charge in [0, 0.05) is 17.8 Å². The summed E-state index contributed by atoms with van der Waals surface area (Å²) in [5.74, 6) is 0.249. The molecule has 140 valence electrons. The van der Waals surface area contributed by atoms with Crippen LogP contribution >= 0.6 is 0 Å². The minimum Gasteiger partial charge on any atom is -0.468 e. The van der Waals surface area contributed by atoms with Crippen molar-refractivity contribution < 1.29 is 17.6 Å². The van der Waals surface area contributed by atoms with Gasteiger partial charge in [0.1, 0.15) is 5.76 Å². The Morgan fingerprint density at radius 2 is 1.81 bits per heavy atom. The highest BCUT2D eigenvalue weighted by Crippen LogP contribution is 2.19. The maximum Gasteiger partial charge on any atom is 0.258 e. The summed E-state index contributed by atoms with van der Waals surface area (Å²) < 4.78 is 32.7. The third-order valence-corrected chi connectivity index (χ3v) is 5.44. The monoisotopic (exact) mass is 384 g/mol. The smallest absolute Gasteiger partial charge is 0.258 e. The molecular formula is C20H20N2O4S. The third-order valence-electron chi connectivity index (χ3n) is 4.04. The molecule has 3 aromatic rings. The van der Waals surface area contributed by atoms with Crippen molar-refractivity contribution in [3.05, 3.63) is 84.3 Å². The van der Waals surface area contributed by atoms with E-state index in [2.05, 4.69) is 4.72 Å². The molecule has 1 heterocycles. The van der Waals surface area contributed by atoms with Crippen molar-refractivity contribution in [2.75, 3.05) is 11.4 Å². The number of nitrogens with one attached hydrogen (secondary N) is 1. The second-order valence-corrected chi connectivity index (χ2v) is 7.58. The molecule has 1 aromatic heterocycles. The first kappa shape index (κ1) is 18.9. The Bertz CT molecular complexity index is 999. The summed E-state index contributed by atoms with van der Waals surface area (Å²) in [5, 5.41) is 0. The Hall–Kier alpha value is -2.90. The van der Waals surface area contributed by atoms with Crippen molar-refractivity contribution in [2.24, 2.45) is 0 Å². The third kappa shape index (κ3) is 4.45. The van der Waals surface area contributed by atoms with Gasteiger partial charge in [0.15, 0.2) is 0 Å². The molecule has 0 saturated carbocycles. The van der Waals surface area contributed by atoms with E-state index in [1.54, 1.807) is 29.2 Å². The Labute approximate surface area is 158 Å². The molecule has 0 aliphatic carbocycles. The average molecular weight is 384 g/mol. The number of hydrogen-bond acceptors (Lipinski definition) is 4. The number of para-hydroxylation sites is 1. The van der Waals surface area contributed by atoms with Crippen LogP contribution in [-0.4, -0.2) is 20.9 Å². The van der Waals surface area contributed by atoms with Gasteiger partial charge in [-0.1, -0.05) is 24.3 Å². The Morgan fingerprint density at radius 3 is 2.48 bits per heavy atom. The molecule has 3 rings (SSSR count). The molecule has 2 aromatic carbocycles. The molecule has 0 unspecified atom stereocenters. The van der Waals surface area contributed by atoms with Gasteiger partial charge in [0.25, 0.3) is 5.91 Å². The minimum absolute atomic E-state index is 0.0315. The van der Waals surface area contributed by atoms with Gasteiger partial charge in [0.05, 0.1) is 17.7 Å². The maximum absolute atomic E-state index is 12.9. The molecule has 0 fully saturated rings. The highest BCUT2D eigenvalue weighted by molar-refractivity contribution is 7.89. The number of benzene rings is 2. The molecule has 0 radical (unpaired) electrons. The summed E-state index contributed by atoms with van der Waals surface area (Å²) in [6.07, 6.45) is 1.48. The molecule has 0 aliphatic heterocycles. The highest BCUT2D eigenvalue weighted by Gasteiger charge is 2.20. The largest absolute Gasteiger partial charge is 0.468 e. The van der Waals surface area contributed by atoms with Crippen molar-refractivity contribution in [3.8, 4) is 0 Å². The summed E-state index contributed by atoms with van der Waals surface area (Å²) in [5.41, 5.74) is 1.07. The molecule has 0 spiro atoms. The normalized spacial score (nSPS) is 11.3. The predicted molar refractivity (Wildman–Crippen MR) is 103 cm³/mol. The fraction of sp³-hybridized carbons (Fsp3) is 0.150. The van der Waals surface area contributed by atoms with Crippen LogP contribution in [0, 0.1) is 0 Å². The van der Waals surface area contributed by atoms with Crippen molar-refractivity contribution >= 4 is 21.6 Å². The summed E-state index contributed by atoms with van der Waals surface area (Å²) >= 11 is 0. The molecule has 6 nitrogen and oxygen atoms in total. The lowest BCUT2D eigenvalue weighted by Crippen LogP contribution is -2.31. The quantitative estimate of drug-likeness (QED) is 0.677. The van der Waals surface area contributed by atoms with E-state index in [-0.39, 0.29) is 17.3 Å². The van der Waals surface area contributed by atoms with Crippen LogP contribution in [0.4, 0.5) is 5.69 Å². The van der Waals surface area contributed by atoms with Crippen LogP contribution < -0.4 is 9.62 Å². The van der Waals surface area contributed by atoms with Gasteiger partial charge in [-0.15, -0.1) is 0 Å². The molecule has 7 heteroatoms. The first-order valence-electron chi connectivity index (χ1n) is 8.50. The number of rotatable bonds is 7. The molecule has 0 bridgehead atoms. The van der Waals surface area contributed by atoms with Crippen molar-refractivity contribution in [2.45, 2.75) is 18.4 Å². The summed E-state index contributed by atoms with van der Waals surface area (Å²) in [6.45, 7) is 2.38. The SMILES string of the molecule is CCN(C(=O)c1cccc(S(=O)(=O)NCc2ccco2)c1)c1ccccc1. The fourth-order valence-electron chi connectivity index (χ4n) is 2.67. The van der Waals surface area contributed by atoms with Crippen molar-refractivity contribution in [1.82, 2.24) is 4.72 Å². The second kappa shape index (κ2) is 8.20. The number of hydrogen-bond donors (Lipinski definition) is 1. The molecule has 0 atom stereocenters. The van der Waals surface area contributed by atoms with E-state index in [1.807, 2.05) is 37.3 Å². The maximum atomic E-state index is 12.9. The van der Waals surface area contributed by atoms with Gasteiger partial charge in [-0.3, -0.25) is 4.79 Å². The van der Waals surface area contributed by atoms with Gasteiger partial charge < -0.3 is 9.32 Å². The van der Waals surface area contributed by atoms with Gasteiger partial charge in [0.2, 0.25) is 10.0 Å². The number of carbonyl (C=O) groups excluding carboxylic acids is 1. The van der Waals surface area contributed by atoms with Gasteiger partial charge in [-0.2, -0.15) is 0 Å². The van der Waals surface area contributed by atoms with Crippen molar-refractivity contribution in [1.29, 1.82) is 0 Å². The van der Waals surface area contributed by atoms with E-state index >= 15 is 0 Å². The number of furan rings is 1. The molecule has 1 amide bonds. The molecular weight excluding hydrogens is 364 g/mol. The zero-order valence-corrected chi connectivity index (χ0v) is 15.6. The van der Waals surface area contributed by atoms with E-state index < -0.39 is 10.0 Å². The van der Waals surface area contributed by atoms with Crippen LogP contribution in [-0.2, 0) is 16.6 Å². The van der Waals surface area contributed by atoms with E-state index in [9.17, 15) is 13.2 Å². The number of sulfonamides is 1. The lowest BCUT2D eigenvalue weighted by Gasteiger charge is -2.21. The second-order valence-electron chi connectivity index (χ2n) is 5.82. The topological polar surface area (TPSA) is 79.6 Å². The number of anilines is 1. The van der Waals surface area contributed by atoms with Crippen LogP contribution in [0.1, 0.15) is 23.0 Å². The summed E-state index contributed by atoms with van der Waals surface area (Å²) in [7, 11) is -3.77. The van der Waals surface area contributed by atoms with Gasteiger partial charge in [-0.25, -0.2) is 13.1 Å². The molecule has 1 N–H and O–H groups in total. The van der Waals surface area contributed by atoms with Crippen LogP contribution in [0.2, 0.25) is 0 Å². The van der Waals surface area contributed by atoms with E-state index in [1.165, 1.54) is 18.4 Å². The predicted octanol–water partition coefficient (Wildman–Crippen LogP) is 3.42. The van der Waals surface area contributed by atoms with Crippen LogP contribution in [0.5, 0.6) is 0 Å². The van der Waals surface area contributed by atoms with Crippen LogP contribution in [0.15, 0.2) is 82.3 Å². The standard InChI is InChI=1S/C20H20N2O4S/c1-2-22(17-9-4-3-5-10-17)20(23)16-8-6-12-19(14-16)27(24,25)21-15-18-11-7-13-26-18/h3-14,21H,2,15H2,1H3. The zero-order valence-electron chi connectivity index (χ0n) is 14.8.